The van der Waals surface area contributed by atoms with Crippen LogP contribution < -0.4 is 5.32 Å². The summed E-state index contributed by atoms with van der Waals surface area (Å²) in [6.45, 7) is 3.97. The Labute approximate surface area is 148 Å². The van der Waals surface area contributed by atoms with Gasteiger partial charge in [-0.25, -0.2) is 0 Å². The Hall–Kier alpha value is -1.88. The van der Waals surface area contributed by atoms with Crippen molar-refractivity contribution in [2.75, 3.05) is 19.8 Å². The predicted octanol–water partition coefficient (Wildman–Crippen LogP) is 2.22. The largest absolute Gasteiger partial charge is 0.379 e. The van der Waals surface area contributed by atoms with E-state index in [1.165, 1.54) is 0 Å². The molecule has 1 aliphatic carbocycles. The highest BCUT2D eigenvalue weighted by Crippen LogP contribution is 2.45. The van der Waals surface area contributed by atoms with E-state index in [1.807, 2.05) is 30.3 Å². The second-order valence-corrected chi connectivity index (χ2v) is 7.96. The van der Waals surface area contributed by atoms with E-state index in [9.17, 15) is 9.59 Å². The van der Waals surface area contributed by atoms with Crippen LogP contribution in [0.1, 0.15) is 43.0 Å². The summed E-state index contributed by atoms with van der Waals surface area (Å²) in [5.74, 6) is 0.595. The summed E-state index contributed by atoms with van der Waals surface area (Å²) in [6.07, 6.45) is 4.00. The van der Waals surface area contributed by atoms with Crippen LogP contribution in [0.15, 0.2) is 30.3 Å². The first-order valence-corrected chi connectivity index (χ1v) is 9.32. The van der Waals surface area contributed by atoms with E-state index in [0.29, 0.717) is 24.6 Å². The van der Waals surface area contributed by atoms with E-state index in [0.717, 1.165) is 32.3 Å². The zero-order chi connectivity index (χ0) is 17.4. The van der Waals surface area contributed by atoms with Gasteiger partial charge in [0.15, 0.2) is 0 Å². The van der Waals surface area contributed by atoms with E-state index in [2.05, 4.69) is 17.1 Å². The SMILES string of the molecule is CC1(C(=O)N2C(CNC(=O)c3ccccc3)CC3COCC32)CCC1. The second-order valence-electron chi connectivity index (χ2n) is 7.96. The van der Waals surface area contributed by atoms with Crippen molar-refractivity contribution in [1.29, 1.82) is 0 Å². The number of likely N-dealkylation sites (tertiary alicyclic amines) is 1. The first kappa shape index (κ1) is 16.6. The fourth-order valence-corrected chi connectivity index (χ4v) is 4.49. The fraction of sp³-hybridized carbons (Fsp3) is 0.600. The molecular weight excluding hydrogens is 316 g/mol. The van der Waals surface area contributed by atoms with Gasteiger partial charge in [-0.1, -0.05) is 31.5 Å². The fourth-order valence-electron chi connectivity index (χ4n) is 4.49. The number of amides is 2. The maximum Gasteiger partial charge on any atom is 0.251 e. The number of hydrogen-bond acceptors (Lipinski definition) is 3. The summed E-state index contributed by atoms with van der Waals surface area (Å²) in [5, 5.41) is 3.03. The van der Waals surface area contributed by atoms with Crippen LogP contribution in [0.25, 0.3) is 0 Å². The minimum absolute atomic E-state index is 0.0730. The number of rotatable bonds is 4. The molecule has 2 saturated heterocycles. The number of nitrogens with one attached hydrogen (secondary N) is 1. The van der Waals surface area contributed by atoms with Gasteiger partial charge in [-0.15, -0.1) is 0 Å². The van der Waals surface area contributed by atoms with E-state index in [4.69, 9.17) is 4.74 Å². The van der Waals surface area contributed by atoms with Crippen LogP contribution >= 0.6 is 0 Å². The molecule has 3 unspecified atom stereocenters. The molecule has 25 heavy (non-hydrogen) atoms. The van der Waals surface area contributed by atoms with Crippen molar-refractivity contribution >= 4 is 11.8 Å². The minimum Gasteiger partial charge on any atom is -0.379 e. The van der Waals surface area contributed by atoms with E-state index in [1.54, 1.807) is 0 Å². The summed E-state index contributed by atoms with van der Waals surface area (Å²) in [7, 11) is 0. The van der Waals surface area contributed by atoms with Gasteiger partial charge in [0.2, 0.25) is 5.91 Å². The second kappa shape index (κ2) is 6.45. The van der Waals surface area contributed by atoms with Crippen molar-refractivity contribution in [2.45, 2.75) is 44.7 Å². The van der Waals surface area contributed by atoms with Crippen LogP contribution in [0.3, 0.4) is 0 Å². The number of hydrogen-bond donors (Lipinski definition) is 1. The van der Waals surface area contributed by atoms with Gasteiger partial charge in [-0.2, -0.15) is 0 Å². The molecule has 2 aliphatic heterocycles. The van der Waals surface area contributed by atoms with Gasteiger partial charge in [0.25, 0.3) is 5.91 Å². The summed E-state index contributed by atoms with van der Waals surface area (Å²) in [4.78, 5) is 27.6. The third-order valence-electron chi connectivity index (χ3n) is 6.23. The molecule has 0 bridgehead atoms. The minimum atomic E-state index is -0.209. The van der Waals surface area contributed by atoms with Crippen molar-refractivity contribution in [3.05, 3.63) is 35.9 Å². The number of nitrogens with zero attached hydrogens (tertiary/aromatic N) is 1. The topological polar surface area (TPSA) is 58.6 Å². The highest BCUT2D eigenvalue weighted by atomic mass is 16.5. The molecule has 2 heterocycles. The summed E-state index contributed by atoms with van der Waals surface area (Å²) >= 11 is 0. The maximum absolute atomic E-state index is 13.2. The van der Waals surface area contributed by atoms with Crippen molar-refractivity contribution < 1.29 is 14.3 Å². The molecule has 134 valence electrons. The third kappa shape index (κ3) is 2.95. The molecular formula is C20H26N2O3. The number of carbonyl (C=O) groups excluding carboxylic acids is 2. The highest BCUT2D eigenvalue weighted by molar-refractivity contribution is 5.94. The molecule has 3 aliphatic rings. The lowest BCUT2D eigenvalue weighted by molar-refractivity contribution is -0.149. The van der Waals surface area contributed by atoms with Gasteiger partial charge in [-0.05, 0) is 31.4 Å². The van der Waals surface area contributed by atoms with Crippen LogP contribution in [0, 0.1) is 11.3 Å². The first-order valence-electron chi connectivity index (χ1n) is 9.32. The highest BCUT2D eigenvalue weighted by Gasteiger charge is 2.52. The van der Waals surface area contributed by atoms with Gasteiger partial charge < -0.3 is 15.0 Å². The standard InChI is InChI=1S/C20H26N2O3/c1-20(8-5-9-20)19(24)22-16(10-15-12-25-13-17(15)22)11-21-18(23)14-6-3-2-4-7-14/h2-4,6-7,15-17H,5,8-13H2,1H3,(H,21,23). The van der Waals surface area contributed by atoms with E-state index < -0.39 is 0 Å². The normalized spacial score (nSPS) is 29.8. The zero-order valence-corrected chi connectivity index (χ0v) is 14.7. The summed E-state index contributed by atoms with van der Waals surface area (Å²) < 4.78 is 5.62. The number of benzene rings is 1. The van der Waals surface area contributed by atoms with Crippen molar-refractivity contribution in [1.82, 2.24) is 10.2 Å². The number of carbonyl (C=O) groups is 2. The molecule has 0 radical (unpaired) electrons. The van der Waals surface area contributed by atoms with E-state index in [-0.39, 0.29) is 29.3 Å². The van der Waals surface area contributed by atoms with Gasteiger partial charge in [0.05, 0.1) is 19.3 Å². The van der Waals surface area contributed by atoms with Crippen molar-refractivity contribution in [3.8, 4) is 0 Å². The quantitative estimate of drug-likeness (QED) is 0.913. The van der Waals surface area contributed by atoms with Crippen LogP contribution in [-0.2, 0) is 9.53 Å². The summed E-state index contributed by atoms with van der Waals surface area (Å²) in [6, 6.07) is 9.50. The van der Waals surface area contributed by atoms with Crippen molar-refractivity contribution in [2.24, 2.45) is 11.3 Å². The Morgan fingerprint density at radius 3 is 2.68 bits per heavy atom. The molecule has 0 aromatic heterocycles. The monoisotopic (exact) mass is 342 g/mol. The van der Waals surface area contributed by atoms with Crippen LogP contribution in [0.5, 0.6) is 0 Å². The van der Waals surface area contributed by atoms with Gasteiger partial charge in [-0.3, -0.25) is 9.59 Å². The molecule has 5 nitrogen and oxygen atoms in total. The Bertz CT molecular complexity index is 656. The molecule has 0 spiro atoms. The predicted molar refractivity (Wildman–Crippen MR) is 94.1 cm³/mol. The lowest BCUT2D eigenvalue weighted by atomic mass is 9.69. The molecule has 3 fully saturated rings. The van der Waals surface area contributed by atoms with Gasteiger partial charge >= 0.3 is 0 Å². The number of fused-ring (bicyclic) bond motifs is 1. The Kier molecular flexibility index (Phi) is 4.28. The first-order chi connectivity index (χ1) is 12.1. The molecule has 1 N–H and O–H groups in total. The zero-order valence-electron chi connectivity index (χ0n) is 14.7. The average Bonchev–Trinajstić information content (AvgIpc) is 3.18. The molecule has 5 heteroatoms. The van der Waals surface area contributed by atoms with Crippen LogP contribution in [-0.4, -0.2) is 48.6 Å². The molecule has 4 rings (SSSR count). The number of ether oxygens (including phenoxy) is 1. The molecule has 1 aromatic rings. The third-order valence-corrected chi connectivity index (χ3v) is 6.23. The van der Waals surface area contributed by atoms with Gasteiger partial charge in [0.1, 0.15) is 0 Å². The van der Waals surface area contributed by atoms with Crippen LogP contribution in [0.2, 0.25) is 0 Å². The van der Waals surface area contributed by atoms with E-state index >= 15 is 0 Å². The van der Waals surface area contributed by atoms with Crippen molar-refractivity contribution in [3.63, 3.8) is 0 Å². The summed E-state index contributed by atoms with van der Waals surface area (Å²) in [5.41, 5.74) is 0.451. The Balaban J connectivity index is 1.46. The van der Waals surface area contributed by atoms with Gasteiger partial charge in [0, 0.05) is 29.5 Å². The average molecular weight is 342 g/mol. The smallest absolute Gasteiger partial charge is 0.251 e. The Morgan fingerprint density at radius 2 is 2.00 bits per heavy atom. The molecule has 3 atom stereocenters. The van der Waals surface area contributed by atoms with Crippen LogP contribution in [0.4, 0.5) is 0 Å². The molecule has 1 aromatic carbocycles. The lowest BCUT2D eigenvalue weighted by Crippen LogP contribution is -2.54. The maximum atomic E-state index is 13.2. The lowest BCUT2D eigenvalue weighted by Gasteiger charge is -2.43. The Morgan fingerprint density at radius 1 is 1.24 bits per heavy atom. The molecule has 1 saturated carbocycles. The molecule has 2 amide bonds.